The van der Waals surface area contributed by atoms with E-state index in [1.54, 1.807) is 0 Å². The molecule has 0 heterocycles. The maximum atomic E-state index is 10.3. The highest BCUT2D eigenvalue weighted by Gasteiger charge is 2.11. The third-order valence-corrected chi connectivity index (χ3v) is 6.94. The normalized spacial score (nSPS) is 12.8. The Balaban J connectivity index is -0.000000803. The van der Waals surface area contributed by atoms with Crippen molar-refractivity contribution in [3.05, 3.63) is 134 Å². The summed E-state index contributed by atoms with van der Waals surface area (Å²) in [5, 5.41) is 17.0. The van der Waals surface area contributed by atoms with Crippen molar-refractivity contribution < 1.29 is 38.7 Å². The number of phosphoric ester groups is 1. The van der Waals surface area contributed by atoms with Gasteiger partial charge in [-0.05, 0) is 89.9 Å². The van der Waals surface area contributed by atoms with E-state index in [1.807, 2.05) is 12.2 Å². The average Bonchev–Trinajstić information content (AvgIpc) is 3.13. The van der Waals surface area contributed by atoms with Crippen LogP contribution < -0.4 is 5.73 Å². The summed E-state index contributed by atoms with van der Waals surface area (Å²) >= 11 is 0. The SMILES string of the molecule is CC/C=C\C/C=C\C/C=C\C/C=C\C/C=C\C/C=C\CCC(=O)O.CC/C=C\C/C=C\C/C=C\C/C=C\C/C=C\CCCC(=O)O.NCCOP(=O)(O)O. The van der Waals surface area contributed by atoms with E-state index >= 15 is 0 Å². The lowest BCUT2D eigenvalue weighted by atomic mass is 10.2. The molecular weight excluding hydrogens is 701 g/mol. The molecule has 0 rings (SSSR count). The van der Waals surface area contributed by atoms with Crippen LogP contribution in [0.4, 0.5) is 0 Å². The minimum Gasteiger partial charge on any atom is -0.481 e. The molecule has 0 saturated carbocycles. The topological polar surface area (TPSA) is 167 Å². The number of carboxylic acid groups (broad SMARTS) is 2. The maximum absolute atomic E-state index is 10.3. The van der Waals surface area contributed by atoms with Crippen molar-refractivity contribution in [3.8, 4) is 0 Å². The van der Waals surface area contributed by atoms with Crippen molar-refractivity contribution in [2.24, 2.45) is 5.73 Å². The first-order valence-electron chi connectivity index (χ1n) is 19.1. The largest absolute Gasteiger partial charge is 0.481 e. The fourth-order valence-corrected chi connectivity index (χ4v) is 4.10. The molecule has 0 aromatic carbocycles. The van der Waals surface area contributed by atoms with Crippen LogP contribution >= 0.6 is 7.82 Å². The first-order valence-corrected chi connectivity index (χ1v) is 20.6. The Morgan fingerprint density at radius 2 is 0.759 bits per heavy atom. The van der Waals surface area contributed by atoms with E-state index in [0.29, 0.717) is 6.42 Å². The molecule has 0 unspecified atom stereocenters. The molecule has 0 atom stereocenters. The van der Waals surface area contributed by atoms with Crippen LogP contribution in [0, 0.1) is 0 Å². The highest BCUT2D eigenvalue weighted by molar-refractivity contribution is 7.46. The fourth-order valence-electron chi connectivity index (χ4n) is 3.76. The Kier molecular flexibility index (Phi) is 47.6. The van der Waals surface area contributed by atoms with Gasteiger partial charge < -0.3 is 25.7 Å². The van der Waals surface area contributed by atoms with Gasteiger partial charge in [-0.1, -0.05) is 148 Å². The minimum atomic E-state index is -4.26. The van der Waals surface area contributed by atoms with E-state index in [2.05, 4.69) is 140 Å². The first-order chi connectivity index (χ1) is 26.1. The molecule has 0 saturated heterocycles. The van der Waals surface area contributed by atoms with Crippen molar-refractivity contribution in [2.75, 3.05) is 13.2 Å². The predicted molar refractivity (Wildman–Crippen MR) is 228 cm³/mol. The summed E-state index contributed by atoms with van der Waals surface area (Å²) < 4.78 is 13.7. The van der Waals surface area contributed by atoms with Gasteiger partial charge in [-0.15, -0.1) is 0 Å². The maximum Gasteiger partial charge on any atom is 0.469 e. The third kappa shape index (κ3) is 63.2. The zero-order chi connectivity index (χ0) is 40.6. The second-order valence-corrected chi connectivity index (χ2v) is 12.7. The molecule has 0 aliphatic rings. The van der Waals surface area contributed by atoms with E-state index < -0.39 is 19.8 Å². The van der Waals surface area contributed by atoms with Gasteiger partial charge >= 0.3 is 19.8 Å². The van der Waals surface area contributed by atoms with Crippen LogP contribution in [0.25, 0.3) is 0 Å². The number of allylic oxidation sites excluding steroid dienone is 22. The number of aliphatic carboxylic acids is 2. The lowest BCUT2D eigenvalue weighted by Crippen LogP contribution is -2.06. The van der Waals surface area contributed by atoms with Gasteiger partial charge in [-0.25, -0.2) is 4.57 Å². The van der Waals surface area contributed by atoms with Crippen molar-refractivity contribution in [1.82, 2.24) is 0 Å². The van der Waals surface area contributed by atoms with Crippen LogP contribution in [-0.4, -0.2) is 45.1 Å². The summed E-state index contributed by atoms with van der Waals surface area (Å²) in [4.78, 5) is 36.6. The van der Waals surface area contributed by atoms with E-state index in [-0.39, 0.29) is 26.0 Å². The summed E-state index contributed by atoms with van der Waals surface area (Å²) in [5.74, 6) is -1.46. The molecule has 0 fully saturated rings. The standard InChI is InChI=1S/C22H32O2.C20H30O2.C2H8NO4P/c1-2-3-4-5-6-7-8-9-10-11-12-13-14-15-16-17-18-19-20-21-22(23)24;1-2-3-4-5-6-7-8-9-10-11-12-13-14-15-16-17-18-19-20(21)22;3-1-2-7-8(4,5)6/h3-4,6-7,9-10,12-13,15-16,18-19H,2,5,8,11,14,17,20-21H2,1H3,(H,23,24);3-4,6-7,9-10,12-13,15-16H,2,5,8,11,14,17-19H2,1H3,(H,21,22);1-3H2,(H2,4,5,6)/b4-3-,7-6-,10-9-,13-12-,16-15-,19-18-;4-3-,7-6-,10-9-,13-12-,16-15-;. The van der Waals surface area contributed by atoms with Crippen LogP contribution in [0.15, 0.2) is 134 Å². The molecular formula is C44H70NO8P. The second-order valence-electron chi connectivity index (χ2n) is 11.5. The van der Waals surface area contributed by atoms with Crippen molar-refractivity contribution in [1.29, 1.82) is 0 Å². The van der Waals surface area contributed by atoms with E-state index in [0.717, 1.165) is 83.5 Å². The van der Waals surface area contributed by atoms with Crippen LogP contribution in [0.3, 0.4) is 0 Å². The van der Waals surface area contributed by atoms with Gasteiger partial charge in [0.2, 0.25) is 0 Å². The first kappa shape index (κ1) is 54.5. The Morgan fingerprint density at radius 1 is 0.481 bits per heavy atom. The van der Waals surface area contributed by atoms with E-state index in [9.17, 15) is 14.2 Å². The Bertz CT molecular complexity index is 1250. The second kappa shape index (κ2) is 47.2. The molecule has 9 nitrogen and oxygen atoms in total. The smallest absolute Gasteiger partial charge is 0.469 e. The molecule has 0 aromatic heterocycles. The van der Waals surface area contributed by atoms with Crippen molar-refractivity contribution >= 4 is 19.8 Å². The number of hydrogen-bond acceptors (Lipinski definition) is 5. The zero-order valence-electron chi connectivity index (χ0n) is 32.9. The van der Waals surface area contributed by atoms with Gasteiger partial charge in [0.1, 0.15) is 0 Å². The summed E-state index contributed by atoms with van der Waals surface area (Å²) in [6.45, 7) is 4.30. The molecule has 10 heteroatoms. The molecule has 0 aliphatic carbocycles. The molecule has 0 bridgehead atoms. The van der Waals surface area contributed by atoms with Crippen LogP contribution in [0.2, 0.25) is 0 Å². The Labute approximate surface area is 326 Å². The zero-order valence-corrected chi connectivity index (χ0v) is 33.8. The number of hydrogen-bond donors (Lipinski definition) is 5. The summed E-state index contributed by atoms with van der Waals surface area (Å²) in [6.07, 6.45) is 60.9. The highest BCUT2D eigenvalue weighted by Crippen LogP contribution is 2.34. The number of unbranched alkanes of at least 4 members (excludes halogenated alkanes) is 1. The van der Waals surface area contributed by atoms with Gasteiger partial charge in [-0.2, -0.15) is 0 Å². The molecule has 0 radical (unpaired) electrons. The molecule has 0 aromatic rings. The lowest BCUT2D eigenvalue weighted by Gasteiger charge is -2.00. The van der Waals surface area contributed by atoms with Crippen LogP contribution in [-0.2, 0) is 18.7 Å². The number of rotatable bonds is 30. The van der Waals surface area contributed by atoms with E-state index in [4.69, 9.17) is 25.7 Å². The quantitative estimate of drug-likeness (QED) is 0.0271. The number of nitrogens with two attached hydrogens (primary N) is 1. The molecule has 0 aliphatic heterocycles. The number of carbonyl (C=O) groups is 2. The number of phosphoric acid groups is 1. The van der Waals surface area contributed by atoms with Crippen LogP contribution in [0.1, 0.15) is 117 Å². The Hall–Kier alpha value is -3.85. The molecule has 54 heavy (non-hydrogen) atoms. The Morgan fingerprint density at radius 3 is 1.00 bits per heavy atom. The average molecular weight is 772 g/mol. The summed E-state index contributed by atoms with van der Waals surface area (Å²) in [6, 6.07) is 0. The van der Waals surface area contributed by atoms with Crippen molar-refractivity contribution in [2.45, 2.75) is 117 Å². The highest BCUT2D eigenvalue weighted by atomic mass is 31.2. The number of carboxylic acids is 2. The van der Waals surface area contributed by atoms with E-state index in [1.165, 1.54) is 0 Å². The van der Waals surface area contributed by atoms with Crippen molar-refractivity contribution in [3.63, 3.8) is 0 Å². The summed E-state index contributed by atoms with van der Waals surface area (Å²) in [7, 11) is -4.26. The van der Waals surface area contributed by atoms with Gasteiger partial charge in [0, 0.05) is 19.4 Å². The van der Waals surface area contributed by atoms with Gasteiger partial charge in [0.15, 0.2) is 0 Å². The lowest BCUT2D eigenvalue weighted by molar-refractivity contribution is -0.138. The molecule has 304 valence electrons. The molecule has 6 N–H and O–H groups in total. The fraction of sp³-hybridized carbons (Fsp3) is 0.455. The summed E-state index contributed by atoms with van der Waals surface area (Å²) in [5.41, 5.74) is 4.87. The van der Waals surface area contributed by atoms with Gasteiger partial charge in [-0.3, -0.25) is 14.1 Å². The molecule has 0 spiro atoms. The minimum absolute atomic E-state index is 0.107. The predicted octanol–water partition coefficient (Wildman–Crippen LogP) is 11.6. The van der Waals surface area contributed by atoms with Crippen LogP contribution in [0.5, 0.6) is 0 Å². The molecule has 0 amide bonds. The third-order valence-electron chi connectivity index (χ3n) is 6.42. The van der Waals surface area contributed by atoms with Gasteiger partial charge in [0.25, 0.3) is 0 Å². The monoisotopic (exact) mass is 771 g/mol. The van der Waals surface area contributed by atoms with Gasteiger partial charge in [0.05, 0.1) is 6.61 Å².